The number of nitrogens with zero attached hydrogens (tertiary/aromatic N) is 3. The van der Waals surface area contributed by atoms with Crippen molar-refractivity contribution in [1.82, 2.24) is 15.3 Å². The Kier molecular flexibility index (Phi) is 10.1. The molecule has 38 heavy (non-hydrogen) atoms. The first-order chi connectivity index (χ1) is 18.0. The number of nitrogens with one attached hydrogen (secondary N) is 1. The first kappa shape index (κ1) is 29.4. The van der Waals surface area contributed by atoms with Crippen molar-refractivity contribution in [2.45, 2.75) is 72.5 Å². The minimum atomic E-state index is -0.853. The average Bonchev–Trinajstić information content (AvgIpc) is 3.44. The van der Waals surface area contributed by atoms with Crippen LogP contribution in [0.15, 0.2) is 24.3 Å². The van der Waals surface area contributed by atoms with Crippen molar-refractivity contribution >= 4 is 29.4 Å². The van der Waals surface area contributed by atoms with E-state index in [-0.39, 0.29) is 42.6 Å². The summed E-state index contributed by atoms with van der Waals surface area (Å²) in [5, 5.41) is 4.24. The standard InChI is InChI=1S/C28H42N4O6/c1-7-30(8-2)21-11-9-20(10-12-21)26(34)29-22(15-18(3)4)27(35)31-14-13-23-25(31)24(33)16-32(23)38-28(36)37-17-19(5)6/h9-12,18-19,22-23,25H,7-8,13-17H2,1-6H3,(H,29,34). The Balaban J connectivity index is 1.68. The fourth-order valence-electron chi connectivity index (χ4n) is 5.08. The number of hydroxylamine groups is 2. The van der Waals surface area contributed by atoms with E-state index in [9.17, 15) is 19.2 Å². The highest BCUT2D eigenvalue weighted by molar-refractivity contribution is 5.99. The molecule has 0 spiro atoms. The summed E-state index contributed by atoms with van der Waals surface area (Å²) in [6.45, 7) is 14.1. The third-order valence-corrected chi connectivity index (χ3v) is 6.96. The third kappa shape index (κ3) is 7.03. The lowest BCUT2D eigenvalue weighted by molar-refractivity contribution is -0.142. The van der Waals surface area contributed by atoms with Gasteiger partial charge in [-0.3, -0.25) is 14.4 Å². The molecule has 0 aliphatic carbocycles. The molecule has 2 heterocycles. The maximum absolute atomic E-state index is 13.7. The van der Waals surface area contributed by atoms with E-state index in [0.29, 0.717) is 24.9 Å². The smallest absolute Gasteiger partial charge is 0.433 e. The van der Waals surface area contributed by atoms with Gasteiger partial charge in [0.25, 0.3) is 5.91 Å². The summed E-state index contributed by atoms with van der Waals surface area (Å²) in [5.41, 5.74) is 1.50. The number of carbonyl (C=O) groups excluding carboxylic acids is 4. The molecular weight excluding hydrogens is 488 g/mol. The number of rotatable bonds is 11. The van der Waals surface area contributed by atoms with E-state index in [0.717, 1.165) is 18.8 Å². The molecule has 0 aromatic heterocycles. The maximum atomic E-state index is 13.7. The summed E-state index contributed by atoms with van der Waals surface area (Å²) in [5.74, 6) is -0.525. The predicted octanol–water partition coefficient (Wildman–Crippen LogP) is 3.26. The number of fused-ring (bicyclic) bond motifs is 1. The van der Waals surface area contributed by atoms with Gasteiger partial charge in [-0.05, 0) is 62.8 Å². The molecule has 1 aromatic carbocycles. The molecule has 2 aliphatic rings. The fourth-order valence-corrected chi connectivity index (χ4v) is 5.08. The second kappa shape index (κ2) is 13.1. The van der Waals surface area contributed by atoms with Crippen LogP contribution < -0.4 is 10.2 Å². The zero-order chi connectivity index (χ0) is 28.0. The lowest BCUT2D eigenvalue weighted by Crippen LogP contribution is -2.52. The average molecular weight is 531 g/mol. The normalized spacial score (nSPS) is 20.0. The summed E-state index contributed by atoms with van der Waals surface area (Å²) < 4.78 is 5.08. The number of ketones is 1. The summed E-state index contributed by atoms with van der Waals surface area (Å²) in [4.78, 5) is 60.8. The number of hydrogen-bond acceptors (Lipinski definition) is 8. The number of Topliss-reactive ketones (excluding diaryl/α,β-unsaturated/α-hetero) is 1. The Morgan fingerprint density at radius 3 is 2.29 bits per heavy atom. The van der Waals surface area contributed by atoms with Gasteiger partial charge in [0, 0.05) is 30.9 Å². The minimum Gasteiger partial charge on any atom is -0.433 e. The zero-order valence-corrected chi connectivity index (χ0v) is 23.4. The monoisotopic (exact) mass is 530 g/mol. The molecule has 2 fully saturated rings. The number of likely N-dealkylation sites (tertiary alicyclic amines) is 1. The number of carbonyl (C=O) groups is 4. The van der Waals surface area contributed by atoms with Crippen LogP contribution in [0.25, 0.3) is 0 Å². The van der Waals surface area contributed by atoms with Crippen LogP contribution in [0, 0.1) is 11.8 Å². The van der Waals surface area contributed by atoms with Crippen molar-refractivity contribution in [3.05, 3.63) is 29.8 Å². The Bertz CT molecular complexity index is 992. The Hall–Kier alpha value is -3.14. The lowest BCUT2D eigenvalue weighted by atomic mass is 10.0. The molecule has 210 valence electrons. The summed E-state index contributed by atoms with van der Waals surface area (Å²) in [6.07, 6.45) is 0.0645. The van der Waals surface area contributed by atoms with Crippen molar-refractivity contribution in [2.75, 3.05) is 37.7 Å². The lowest BCUT2D eigenvalue weighted by Gasteiger charge is -2.29. The molecule has 2 amide bonds. The van der Waals surface area contributed by atoms with E-state index < -0.39 is 24.3 Å². The van der Waals surface area contributed by atoms with Crippen molar-refractivity contribution in [2.24, 2.45) is 11.8 Å². The highest BCUT2D eigenvalue weighted by Crippen LogP contribution is 2.31. The number of anilines is 1. The molecule has 2 saturated heterocycles. The van der Waals surface area contributed by atoms with Gasteiger partial charge in [0.05, 0.1) is 19.2 Å². The summed E-state index contributed by atoms with van der Waals surface area (Å²) in [7, 11) is 0. The zero-order valence-electron chi connectivity index (χ0n) is 23.4. The van der Waals surface area contributed by atoms with Gasteiger partial charge < -0.3 is 24.7 Å². The molecule has 0 radical (unpaired) electrons. The molecule has 3 rings (SSSR count). The van der Waals surface area contributed by atoms with Crippen LogP contribution >= 0.6 is 0 Å². The maximum Gasteiger partial charge on any atom is 0.527 e. The molecular formula is C28H42N4O6. The Morgan fingerprint density at radius 2 is 1.71 bits per heavy atom. The van der Waals surface area contributed by atoms with E-state index in [1.54, 1.807) is 12.1 Å². The molecule has 2 aliphatic heterocycles. The van der Waals surface area contributed by atoms with Crippen LogP contribution in [-0.4, -0.2) is 84.6 Å². The van der Waals surface area contributed by atoms with E-state index in [1.165, 1.54) is 9.96 Å². The largest absolute Gasteiger partial charge is 0.527 e. The number of ether oxygens (including phenoxy) is 1. The second-order valence-electron chi connectivity index (χ2n) is 10.8. The van der Waals surface area contributed by atoms with Crippen LogP contribution in [0.1, 0.15) is 64.7 Å². The van der Waals surface area contributed by atoms with Gasteiger partial charge in [-0.15, -0.1) is 5.06 Å². The molecule has 1 N–H and O–H groups in total. The van der Waals surface area contributed by atoms with Crippen LogP contribution in [-0.2, 0) is 19.2 Å². The van der Waals surface area contributed by atoms with Crippen LogP contribution in [0.5, 0.6) is 0 Å². The van der Waals surface area contributed by atoms with Gasteiger partial charge in [0.1, 0.15) is 12.1 Å². The molecule has 10 heteroatoms. The van der Waals surface area contributed by atoms with Crippen molar-refractivity contribution in [3.8, 4) is 0 Å². The van der Waals surface area contributed by atoms with Gasteiger partial charge in [0.15, 0.2) is 5.78 Å². The van der Waals surface area contributed by atoms with Crippen LogP contribution in [0.3, 0.4) is 0 Å². The van der Waals surface area contributed by atoms with Gasteiger partial charge >= 0.3 is 6.16 Å². The van der Waals surface area contributed by atoms with Gasteiger partial charge in [-0.25, -0.2) is 4.79 Å². The highest BCUT2D eigenvalue weighted by Gasteiger charge is 2.52. The number of hydrogen-bond donors (Lipinski definition) is 1. The third-order valence-electron chi connectivity index (χ3n) is 6.96. The van der Waals surface area contributed by atoms with E-state index in [1.807, 2.05) is 39.8 Å². The number of benzene rings is 1. The van der Waals surface area contributed by atoms with Crippen LogP contribution in [0.4, 0.5) is 10.5 Å². The molecule has 3 atom stereocenters. The van der Waals surface area contributed by atoms with Crippen molar-refractivity contribution in [3.63, 3.8) is 0 Å². The molecule has 0 saturated carbocycles. The van der Waals surface area contributed by atoms with Crippen molar-refractivity contribution in [1.29, 1.82) is 0 Å². The summed E-state index contributed by atoms with van der Waals surface area (Å²) in [6, 6.07) is 5.41. The number of amides is 2. The minimum absolute atomic E-state index is 0.101. The molecule has 0 bridgehead atoms. The second-order valence-corrected chi connectivity index (χ2v) is 10.8. The Labute approximate surface area is 225 Å². The van der Waals surface area contributed by atoms with Crippen LogP contribution in [0.2, 0.25) is 0 Å². The van der Waals surface area contributed by atoms with E-state index >= 15 is 0 Å². The molecule has 10 nitrogen and oxygen atoms in total. The summed E-state index contributed by atoms with van der Waals surface area (Å²) >= 11 is 0. The quantitative estimate of drug-likeness (QED) is 0.435. The fraction of sp³-hybridized carbons (Fsp3) is 0.643. The first-order valence-corrected chi connectivity index (χ1v) is 13.7. The van der Waals surface area contributed by atoms with Gasteiger partial charge in [0.2, 0.25) is 5.91 Å². The van der Waals surface area contributed by atoms with E-state index in [4.69, 9.17) is 9.57 Å². The highest BCUT2D eigenvalue weighted by atomic mass is 16.8. The van der Waals surface area contributed by atoms with Crippen molar-refractivity contribution < 1.29 is 28.8 Å². The van der Waals surface area contributed by atoms with Gasteiger partial charge in [-0.1, -0.05) is 27.7 Å². The topological polar surface area (TPSA) is 108 Å². The van der Waals surface area contributed by atoms with Gasteiger partial charge in [-0.2, -0.15) is 0 Å². The molecule has 3 unspecified atom stereocenters. The SMILES string of the molecule is CCN(CC)c1ccc(C(=O)NC(CC(C)C)C(=O)N2CCC3C2C(=O)CN3OC(=O)OCC(C)C)cc1. The Morgan fingerprint density at radius 1 is 1.05 bits per heavy atom. The first-order valence-electron chi connectivity index (χ1n) is 13.7. The molecule has 1 aromatic rings. The predicted molar refractivity (Wildman–Crippen MR) is 144 cm³/mol. The van der Waals surface area contributed by atoms with E-state index in [2.05, 4.69) is 24.1 Å².